The van der Waals surface area contributed by atoms with Crippen LogP contribution in [0.1, 0.15) is 6.42 Å². The van der Waals surface area contributed by atoms with E-state index in [0.29, 0.717) is 10.6 Å². The number of amides is 3. The van der Waals surface area contributed by atoms with Crippen molar-refractivity contribution in [2.45, 2.75) is 18.6 Å². The molecule has 0 radical (unpaired) electrons. The zero-order chi connectivity index (χ0) is 17.2. The highest BCUT2D eigenvalue weighted by molar-refractivity contribution is 5.88. The molecule has 0 bridgehead atoms. The minimum Gasteiger partial charge on any atom is -0.351 e. The van der Waals surface area contributed by atoms with Crippen molar-refractivity contribution < 1.29 is 27.2 Å². The van der Waals surface area contributed by atoms with E-state index in [-0.39, 0.29) is 0 Å². The number of likely N-dealkylation sites (tertiary alicyclic amines) is 1. The number of nitrogens with two attached hydrogens (primary N) is 1. The number of anilines is 1. The quantitative estimate of drug-likeness (QED) is 0.580. The third-order valence-electron chi connectivity index (χ3n) is 3.52. The fourth-order valence-electron chi connectivity index (χ4n) is 2.32. The van der Waals surface area contributed by atoms with Gasteiger partial charge in [0, 0.05) is 6.54 Å². The molecule has 1 aliphatic rings. The number of hydrogen-bond donors (Lipinski definition) is 3. The summed E-state index contributed by atoms with van der Waals surface area (Å²) in [5.74, 6) is -3.12. The van der Waals surface area contributed by atoms with Crippen LogP contribution in [0.2, 0.25) is 0 Å². The maximum Gasteiger partial charge on any atom is 0.393 e. The number of benzene rings is 1. The lowest BCUT2D eigenvalue weighted by Crippen LogP contribution is -2.49. The van der Waals surface area contributed by atoms with E-state index in [9.17, 15) is 27.2 Å². The number of nitrogens with zero attached hydrogens (tertiary/aromatic N) is 1. The molecule has 1 aliphatic heterocycles. The Morgan fingerprint density at radius 1 is 1.22 bits per heavy atom. The van der Waals surface area contributed by atoms with Crippen LogP contribution >= 0.6 is 0 Å². The van der Waals surface area contributed by atoms with Gasteiger partial charge in [-0.25, -0.2) is 9.18 Å². The summed E-state index contributed by atoms with van der Waals surface area (Å²) in [7, 11) is 0. The second kappa shape index (κ2) is 6.31. The molecule has 126 valence electrons. The van der Waals surface area contributed by atoms with Gasteiger partial charge in [0.05, 0.1) is 11.6 Å². The summed E-state index contributed by atoms with van der Waals surface area (Å²) in [4.78, 5) is 23.9. The fraction of sp³-hybridized carbons (Fsp3) is 0.385. The number of carbonyl (C=O) groups is 2. The maximum absolute atomic E-state index is 12.8. The number of alkyl halides is 3. The van der Waals surface area contributed by atoms with E-state index < -0.39 is 48.9 Å². The van der Waals surface area contributed by atoms with E-state index in [0.717, 1.165) is 12.1 Å². The van der Waals surface area contributed by atoms with Crippen molar-refractivity contribution in [2.75, 3.05) is 12.0 Å². The molecule has 3 amide bonds. The molecule has 1 fully saturated rings. The van der Waals surface area contributed by atoms with Gasteiger partial charge in [-0.3, -0.25) is 15.6 Å². The third-order valence-corrected chi connectivity index (χ3v) is 3.52. The predicted molar refractivity (Wildman–Crippen MR) is 72.4 cm³/mol. The first-order chi connectivity index (χ1) is 10.7. The van der Waals surface area contributed by atoms with Crippen LogP contribution in [0.25, 0.3) is 0 Å². The average Bonchev–Trinajstić information content (AvgIpc) is 2.92. The van der Waals surface area contributed by atoms with Crippen LogP contribution in [-0.2, 0) is 4.79 Å². The number of urea groups is 1. The molecule has 1 heterocycles. The fourth-order valence-corrected chi connectivity index (χ4v) is 2.32. The molecule has 0 spiro atoms. The van der Waals surface area contributed by atoms with E-state index in [4.69, 9.17) is 5.73 Å². The molecule has 0 aromatic heterocycles. The van der Waals surface area contributed by atoms with E-state index in [1.54, 1.807) is 0 Å². The predicted octanol–water partition coefficient (Wildman–Crippen LogP) is 1.60. The van der Waals surface area contributed by atoms with Gasteiger partial charge in [-0.05, 0) is 30.7 Å². The van der Waals surface area contributed by atoms with Crippen LogP contribution < -0.4 is 16.6 Å². The van der Waals surface area contributed by atoms with Gasteiger partial charge < -0.3 is 10.6 Å². The van der Waals surface area contributed by atoms with Crippen LogP contribution in [0.4, 0.5) is 28.0 Å². The van der Waals surface area contributed by atoms with E-state index in [1.165, 1.54) is 12.1 Å². The van der Waals surface area contributed by atoms with Crippen molar-refractivity contribution >= 4 is 17.6 Å². The van der Waals surface area contributed by atoms with Crippen LogP contribution in [0, 0.1) is 11.7 Å². The highest BCUT2D eigenvalue weighted by Gasteiger charge is 2.50. The molecule has 23 heavy (non-hydrogen) atoms. The molecular weight excluding hydrogens is 320 g/mol. The Morgan fingerprint density at radius 2 is 1.83 bits per heavy atom. The van der Waals surface area contributed by atoms with Crippen molar-refractivity contribution in [1.29, 1.82) is 0 Å². The molecular formula is C13H14F4N4O2. The Hall–Kier alpha value is -2.52. The summed E-state index contributed by atoms with van der Waals surface area (Å²) >= 11 is 0. The minimum atomic E-state index is -4.52. The molecule has 2 atom stereocenters. The summed E-state index contributed by atoms with van der Waals surface area (Å²) in [6.07, 6.45) is -5.09. The SMILES string of the molecule is NC(=O)N1CC(C(F)(F)F)CC1C(=O)NNc1ccc(F)cc1. The zero-order valence-electron chi connectivity index (χ0n) is 11.7. The number of primary amides is 1. The lowest BCUT2D eigenvalue weighted by atomic mass is 10.1. The Morgan fingerprint density at radius 3 is 2.35 bits per heavy atom. The molecule has 1 aromatic carbocycles. The van der Waals surface area contributed by atoms with Crippen LogP contribution in [0.15, 0.2) is 24.3 Å². The third kappa shape index (κ3) is 4.02. The van der Waals surface area contributed by atoms with Crippen molar-refractivity contribution in [3.63, 3.8) is 0 Å². The number of halogens is 4. The Bertz CT molecular complexity index is 591. The van der Waals surface area contributed by atoms with Crippen LogP contribution in [0.5, 0.6) is 0 Å². The zero-order valence-corrected chi connectivity index (χ0v) is 11.7. The summed E-state index contributed by atoms with van der Waals surface area (Å²) < 4.78 is 51.0. The lowest BCUT2D eigenvalue weighted by molar-refractivity contribution is -0.170. The van der Waals surface area contributed by atoms with Crippen molar-refractivity contribution in [3.05, 3.63) is 30.1 Å². The first kappa shape index (κ1) is 16.8. The second-order valence-electron chi connectivity index (χ2n) is 5.10. The van der Waals surface area contributed by atoms with Crippen molar-refractivity contribution in [1.82, 2.24) is 10.3 Å². The number of nitrogens with one attached hydrogen (secondary N) is 2. The molecule has 1 aromatic rings. The van der Waals surface area contributed by atoms with Gasteiger partial charge in [0.25, 0.3) is 5.91 Å². The second-order valence-corrected chi connectivity index (χ2v) is 5.10. The van der Waals surface area contributed by atoms with Crippen molar-refractivity contribution in [3.8, 4) is 0 Å². The average molecular weight is 334 g/mol. The standard InChI is InChI=1S/C13H14F4N4O2/c14-8-1-3-9(4-2-8)19-20-11(22)10-5-7(13(15,16)17)6-21(10)12(18)23/h1-4,7,10,19H,5-6H2,(H2,18,23)(H,20,22). The monoisotopic (exact) mass is 334 g/mol. The largest absolute Gasteiger partial charge is 0.393 e. The summed E-state index contributed by atoms with van der Waals surface area (Å²) in [6, 6.07) is 2.51. The van der Waals surface area contributed by atoms with E-state index in [1.807, 2.05) is 0 Å². The minimum absolute atomic E-state index is 0.329. The van der Waals surface area contributed by atoms with Gasteiger partial charge in [-0.15, -0.1) is 0 Å². The highest BCUT2D eigenvalue weighted by Crippen LogP contribution is 2.36. The first-order valence-electron chi connectivity index (χ1n) is 6.62. The van der Waals surface area contributed by atoms with Crippen molar-refractivity contribution in [2.24, 2.45) is 11.7 Å². The topological polar surface area (TPSA) is 87.5 Å². The molecule has 10 heteroatoms. The van der Waals surface area contributed by atoms with Crippen LogP contribution in [0.3, 0.4) is 0 Å². The molecule has 0 saturated carbocycles. The number of rotatable bonds is 3. The number of hydrogen-bond acceptors (Lipinski definition) is 3. The molecule has 0 aliphatic carbocycles. The van der Waals surface area contributed by atoms with Gasteiger partial charge in [0.1, 0.15) is 11.9 Å². The smallest absolute Gasteiger partial charge is 0.351 e. The molecule has 4 N–H and O–H groups in total. The van der Waals surface area contributed by atoms with Gasteiger partial charge >= 0.3 is 12.2 Å². The van der Waals surface area contributed by atoms with E-state index >= 15 is 0 Å². The molecule has 2 unspecified atom stereocenters. The van der Waals surface area contributed by atoms with Gasteiger partial charge in [-0.2, -0.15) is 13.2 Å². The Balaban J connectivity index is 2.01. The Kier molecular flexibility index (Phi) is 4.62. The van der Waals surface area contributed by atoms with Gasteiger partial charge in [-0.1, -0.05) is 0 Å². The Labute approximate surface area is 128 Å². The normalized spacial score (nSPS) is 21.1. The van der Waals surface area contributed by atoms with Crippen LogP contribution in [-0.4, -0.2) is 35.6 Å². The summed E-state index contributed by atoms with van der Waals surface area (Å²) in [6.45, 7) is -0.659. The molecule has 1 saturated heterocycles. The van der Waals surface area contributed by atoms with E-state index in [2.05, 4.69) is 10.9 Å². The summed E-state index contributed by atoms with van der Waals surface area (Å²) in [5, 5.41) is 0. The number of carbonyl (C=O) groups excluding carboxylic acids is 2. The molecule has 6 nitrogen and oxygen atoms in total. The number of hydrazine groups is 1. The maximum atomic E-state index is 12.8. The van der Waals surface area contributed by atoms with Gasteiger partial charge in [0.2, 0.25) is 0 Å². The highest BCUT2D eigenvalue weighted by atomic mass is 19.4. The molecule has 2 rings (SSSR count). The van der Waals surface area contributed by atoms with Gasteiger partial charge in [0.15, 0.2) is 0 Å². The first-order valence-corrected chi connectivity index (χ1v) is 6.62. The lowest BCUT2D eigenvalue weighted by Gasteiger charge is -2.22. The summed E-state index contributed by atoms with van der Waals surface area (Å²) in [5.41, 5.74) is 9.99.